The molecule has 0 aromatic rings. The first kappa shape index (κ1) is 41.9. The molecule has 1 saturated heterocycles. The summed E-state index contributed by atoms with van der Waals surface area (Å²) in [5, 5.41) is 3.63. The van der Waals surface area contributed by atoms with Gasteiger partial charge in [-0.05, 0) is 82.7 Å². The number of nitrogens with zero attached hydrogens (tertiary/aromatic N) is 3. The Kier molecular flexibility index (Phi) is 18.3. The first-order chi connectivity index (χ1) is 19.8. The molecule has 0 radical (unpaired) electrons. The molecule has 0 aromatic heterocycles. The van der Waals surface area contributed by atoms with Crippen molar-refractivity contribution in [3.63, 3.8) is 0 Å². The van der Waals surface area contributed by atoms with Gasteiger partial charge < -0.3 is 14.0 Å². The Labute approximate surface area is 349 Å². The normalized spacial score (nSPS) is 26.1. The fourth-order valence-corrected chi connectivity index (χ4v) is 8.53. The van der Waals surface area contributed by atoms with Crippen LogP contribution in [0.4, 0.5) is 0 Å². The molecule has 0 bridgehead atoms. The molecule has 0 aromatic carbocycles. The maximum absolute atomic E-state index is 13.9. The maximum Gasteiger partial charge on any atom is 1.00 e. The molecular formula is C29H47K2N3O8S2. The first-order valence-electron chi connectivity index (χ1n) is 15.8. The largest absolute Gasteiger partial charge is 1.00 e. The zero-order valence-corrected chi connectivity index (χ0v) is 34.7. The Bertz CT molecular complexity index is 1130. The van der Waals surface area contributed by atoms with Crippen LogP contribution in [0.5, 0.6) is 0 Å². The Morgan fingerprint density at radius 2 is 1.16 bits per heavy atom. The molecule has 15 heteroatoms. The minimum Gasteiger partial charge on any atom is -0.748 e. The summed E-state index contributed by atoms with van der Waals surface area (Å²) in [4.78, 5) is 29.7. The number of rotatable bonds is 12. The van der Waals surface area contributed by atoms with Crippen LogP contribution >= 0.6 is 0 Å². The van der Waals surface area contributed by atoms with Crippen LogP contribution in [0.2, 0.25) is 0 Å². The third kappa shape index (κ3) is 12.3. The van der Waals surface area contributed by atoms with Crippen LogP contribution in [0.1, 0.15) is 103 Å². The van der Waals surface area contributed by atoms with Crippen LogP contribution in [0.25, 0.3) is 0 Å². The summed E-state index contributed by atoms with van der Waals surface area (Å²) in [7, 11) is -8.73. The second-order valence-electron chi connectivity index (χ2n) is 12.8. The molecule has 4 rings (SSSR count). The van der Waals surface area contributed by atoms with E-state index in [1.807, 2.05) is 21.0 Å². The van der Waals surface area contributed by atoms with E-state index in [4.69, 9.17) is 0 Å². The number of amides is 2. The molecule has 240 valence electrons. The van der Waals surface area contributed by atoms with Crippen LogP contribution in [-0.4, -0.2) is 95.4 Å². The molecule has 44 heavy (non-hydrogen) atoms. The fraction of sp³-hybridized carbons (Fsp3) is 0.862. The minimum atomic E-state index is -4.37. The third-order valence-electron chi connectivity index (χ3n) is 9.73. The predicted molar refractivity (Wildman–Crippen MR) is 156 cm³/mol. The Morgan fingerprint density at radius 1 is 0.727 bits per heavy atom. The van der Waals surface area contributed by atoms with Gasteiger partial charge in [-0.25, -0.2) is 26.9 Å². The van der Waals surface area contributed by atoms with Crippen LogP contribution < -0.4 is 103 Å². The maximum atomic E-state index is 13.9. The van der Waals surface area contributed by atoms with Crippen molar-refractivity contribution < 1.29 is 138 Å². The average molecular weight is 708 g/mol. The van der Waals surface area contributed by atoms with Crippen molar-refractivity contribution in [2.24, 2.45) is 11.8 Å². The fourth-order valence-electron chi connectivity index (χ4n) is 7.56. The number of carbonyl (C=O) groups is 2. The Balaban J connectivity index is 0.00000337. The summed E-state index contributed by atoms with van der Waals surface area (Å²) >= 11 is 0. The molecule has 3 aliphatic carbocycles. The van der Waals surface area contributed by atoms with E-state index in [9.17, 15) is 35.5 Å². The third-order valence-corrected chi connectivity index (χ3v) is 11.3. The first-order valence-corrected chi connectivity index (χ1v) is 19.0. The molecule has 0 spiro atoms. The summed E-state index contributed by atoms with van der Waals surface area (Å²) in [5.41, 5.74) is 0.291. The van der Waals surface area contributed by atoms with Crippen LogP contribution in [0.15, 0.2) is 11.6 Å². The van der Waals surface area contributed by atoms with Crippen molar-refractivity contribution in [3.8, 4) is 0 Å². The van der Waals surface area contributed by atoms with Gasteiger partial charge in [-0.15, -0.1) is 0 Å². The molecule has 4 fully saturated rings. The summed E-state index contributed by atoms with van der Waals surface area (Å²) in [6.45, 7) is 2.71. The summed E-state index contributed by atoms with van der Waals surface area (Å²) < 4.78 is 66.8. The molecule has 4 aliphatic rings. The smallest absolute Gasteiger partial charge is 0.748 e. The molecule has 3 unspecified atom stereocenters. The van der Waals surface area contributed by atoms with Crippen molar-refractivity contribution in [2.45, 2.75) is 121 Å². The van der Waals surface area contributed by atoms with E-state index in [0.29, 0.717) is 31.5 Å². The van der Waals surface area contributed by atoms with Crippen molar-refractivity contribution in [1.29, 1.82) is 0 Å². The van der Waals surface area contributed by atoms with Crippen LogP contribution in [-0.2, 0) is 29.8 Å². The van der Waals surface area contributed by atoms with Crippen molar-refractivity contribution in [2.75, 3.05) is 24.6 Å². The second-order valence-corrected chi connectivity index (χ2v) is 15.9. The molecular weight excluding hydrogens is 661 g/mol. The molecule has 3 atom stereocenters. The second kappa shape index (κ2) is 19.2. The van der Waals surface area contributed by atoms with E-state index in [-0.39, 0.29) is 157 Å². The monoisotopic (exact) mass is 707 g/mol. The summed E-state index contributed by atoms with van der Waals surface area (Å²) in [6.07, 6.45) is 14.6. The van der Waals surface area contributed by atoms with Gasteiger partial charge in [0.2, 0.25) is 0 Å². The topological polar surface area (TPSA) is 158 Å². The zero-order valence-electron chi connectivity index (χ0n) is 26.8. The molecule has 1 heterocycles. The predicted octanol–water partition coefficient (Wildman–Crippen LogP) is -2.85. The minimum absolute atomic E-state index is 0. The van der Waals surface area contributed by atoms with Gasteiger partial charge in [-0.3, -0.25) is 9.59 Å². The van der Waals surface area contributed by atoms with Crippen molar-refractivity contribution >= 4 is 32.1 Å². The quantitative estimate of drug-likeness (QED) is 0.0902. The van der Waals surface area contributed by atoms with Gasteiger partial charge >= 0.3 is 103 Å². The summed E-state index contributed by atoms with van der Waals surface area (Å²) in [6, 6.07) is 0.159. The van der Waals surface area contributed by atoms with Gasteiger partial charge in [-0.2, -0.15) is 0 Å². The van der Waals surface area contributed by atoms with Gasteiger partial charge in [-0.1, -0.05) is 51.5 Å². The van der Waals surface area contributed by atoms with E-state index in [0.717, 1.165) is 70.6 Å². The Hall–Kier alpha value is 1.73. The Morgan fingerprint density at radius 3 is 1.55 bits per heavy atom. The average Bonchev–Trinajstić information content (AvgIpc) is 3.17. The number of hydrazine groups is 1. The SMILES string of the molecule is CC1CC(N(CCCS(=O)(=O)[O-])CCCS(=O)(=O)[O-])CCC1C=C1C(=O)N(C2CCCCC2)N(C2CCCCC2)C1=O.[K+].[K+]. The standard InChI is InChI=1S/C29H49N3O8S2.2K/c1-22-20-26(30(16-8-18-41(35,36)37)17-9-19-42(38,39)40)15-14-23(22)21-27-28(33)31(24-10-4-2-5-11-24)32(29(27)34)25-12-6-3-7-13-25;;/h21-26H,2-20H2,1H3,(H,35,36,37)(H,38,39,40);;/q;2*+1/p-2. The van der Waals surface area contributed by atoms with Crippen LogP contribution in [0, 0.1) is 11.8 Å². The van der Waals surface area contributed by atoms with Crippen LogP contribution in [0.3, 0.4) is 0 Å². The molecule has 3 saturated carbocycles. The van der Waals surface area contributed by atoms with Gasteiger partial charge in [0.15, 0.2) is 0 Å². The van der Waals surface area contributed by atoms with E-state index in [1.54, 1.807) is 0 Å². The number of allylic oxidation sites excluding steroid dienone is 1. The molecule has 2 amide bonds. The van der Waals surface area contributed by atoms with E-state index in [1.165, 1.54) is 0 Å². The van der Waals surface area contributed by atoms with Gasteiger partial charge in [0.05, 0.1) is 32.3 Å². The zero-order chi connectivity index (χ0) is 30.5. The summed E-state index contributed by atoms with van der Waals surface area (Å²) in [5.74, 6) is -1.18. The van der Waals surface area contributed by atoms with Crippen molar-refractivity contribution in [1.82, 2.24) is 14.9 Å². The molecule has 0 N–H and O–H groups in total. The number of carbonyl (C=O) groups excluding carboxylic acids is 2. The van der Waals surface area contributed by atoms with Gasteiger partial charge in [0.25, 0.3) is 11.8 Å². The molecule has 11 nitrogen and oxygen atoms in total. The van der Waals surface area contributed by atoms with Crippen molar-refractivity contribution in [3.05, 3.63) is 11.6 Å². The molecule has 1 aliphatic heterocycles. The number of hydrogen-bond donors (Lipinski definition) is 0. The van der Waals surface area contributed by atoms with Gasteiger partial charge in [0.1, 0.15) is 5.57 Å². The number of hydrogen-bond acceptors (Lipinski definition) is 9. The van der Waals surface area contributed by atoms with Gasteiger partial charge in [0, 0.05) is 17.5 Å². The van der Waals surface area contributed by atoms with E-state index < -0.39 is 31.7 Å². The van der Waals surface area contributed by atoms with E-state index in [2.05, 4.69) is 6.92 Å². The van der Waals surface area contributed by atoms with E-state index >= 15 is 0 Å².